The molecule has 0 aliphatic heterocycles. The smallest absolute Gasteiger partial charge is 0.226 e. The van der Waals surface area contributed by atoms with Crippen molar-refractivity contribution >= 4 is 33.4 Å². The normalized spacial score (nSPS) is 10.1. The number of amides is 2. The maximum Gasteiger partial charge on any atom is 0.226 e. The van der Waals surface area contributed by atoms with Gasteiger partial charge in [-0.3, -0.25) is 9.59 Å². The zero-order chi connectivity index (χ0) is 14.3. The standard InChI is InChI=1S/C14H19BrN2O2/c1-3-9-17(11(2)18)10-8-14(19)16-13-7-5-4-6-12(13)15/h4-7H,3,8-10H2,1-2H3,(H,16,19). The Labute approximate surface area is 122 Å². The van der Waals surface area contributed by atoms with Crippen LogP contribution in [0.3, 0.4) is 0 Å². The lowest BCUT2D eigenvalue weighted by atomic mass is 10.3. The van der Waals surface area contributed by atoms with E-state index in [1.807, 2.05) is 31.2 Å². The lowest BCUT2D eigenvalue weighted by Crippen LogP contribution is -2.32. The highest BCUT2D eigenvalue weighted by atomic mass is 79.9. The molecule has 0 aliphatic rings. The van der Waals surface area contributed by atoms with E-state index in [4.69, 9.17) is 0 Å². The number of benzene rings is 1. The van der Waals surface area contributed by atoms with Crippen molar-refractivity contribution in [3.63, 3.8) is 0 Å². The maximum absolute atomic E-state index is 11.8. The number of nitrogens with one attached hydrogen (secondary N) is 1. The molecule has 0 aromatic heterocycles. The first-order valence-corrected chi connectivity index (χ1v) is 7.13. The van der Waals surface area contributed by atoms with Crippen LogP contribution in [-0.2, 0) is 9.59 Å². The Morgan fingerprint density at radius 2 is 1.95 bits per heavy atom. The van der Waals surface area contributed by atoms with Crippen molar-refractivity contribution in [1.82, 2.24) is 4.90 Å². The van der Waals surface area contributed by atoms with Gasteiger partial charge in [-0.05, 0) is 34.5 Å². The second-order valence-electron chi connectivity index (χ2n) is 4.28. The maximum atomic E-state index is 11.8. The molecule has 0 bridgehead atoms. The third kappa shape index (κ3) is 5.42. The lowest BCUT2D eigenvalue weighted by molar-refractivity contribution is -0.129. The van der Waals surface area contributed by atoms with Crippen LogP contribution in [0.25, 0.3) is 0 Å². The van der Waals surface area contributed by atoms with Gasteiger partial charge in [0.1, 0.15) is 0 Å². The molecule has 0 saturated carbocycles. The number of carbonyl (C=O) groups excluding carboxylic acids is 2. The molecule has 4 nitrogen and oxygen atoms in total. The van der Waals surface area contributed by atoms with E-state index >= 15 is 0 Å². The molecule has 104 valence electrons. The monoisotopic (exact) mass is 326 g/mol. The zero-order valence-corrected chi connectivity index (χ0v) is 12.9. The molecule has 1 aromatic rings. The summed E-state index contributed by atoms with van der Waals surface area (Å²) >= 11 is 3.37. The number of halogens is 1. The number of para-hydroxylation sites is 1. The molecule has 0 saturated heterocycles. The van der Waals surface area contributed by atoms with Crippen molar-refractivity contribution < 1.29 is 9.59 Å². The molecule has 5 heteroatoms. The van der Waals surface area contributed by atoms with Gasteiger partial charge in [0.15, 0.2) is 0 Å². The van der Waals surface area contributed by atoms with Gasteiger partial charge in [0.05, 0.1) is 5.69 Å². The number of hydrogen-bond acceptors (Lipinski definition) is 2. The molecule has 0 spiro atoms. The highest BCUT2D eigenvalue weighted by Crippen LogP contribution is 2.21. The number of rotatable bonds is 6. The molecule has 2 amide bonds. The van der Waals surface area contributed by atoms with Gasteiger partial charge in [-0.1, -0.05) is 19.1 Å². The van der Waals surface area contributed by atoms with E-state index in [0.29, 0.717) is 19.5 Å². The van der Waals surface area contributed by atoms with Crippen molar-refractivity contribution in [3.8, 4) is 0 Å². The number of hydrogen-bond donors (Lipinski definition) is 1. The Kier molecular flexibility index (Phi) is 6.56. The Bertz CT molecular complexity index is 449. The van der Waals surface area contributed by atoms with E-state index in [2.05, 4.69) is 21.2 Å². The van der Waals surface area contributed by atoms with Crippen LogP contribution in [0.15, 0.2) is 28.7 Å². The van der Waals surface area contributed by atoms with Crippen molar-refractivity contribution in [2.24, 2.45) is 0 Å². The average molecular weight is 327 g/mol. The molecular weight excluding hydrogens is 308 g/mol. The van der Waals surface area contributed by atoms with E-state index in [1.54, 1.807) is 4.90 Å². The number of nitrogens with zero attached hydrogens (tertiary/aromatic N) is 1. The first-order valence-electron chi connectivity index (χ1n) is 6.34. The summed E-state index contributed by atoms with van der Waals surface area (Å²) in [5, 5.41) is 2.82. The molecule has 0 unspecified atom stereocenters. The molecular formula is C14H19BrN2O2. The van der Waals surface area contributed by atoms with Gasteiger partial charge in [0.2, 0.25) is 11.8 Å². The minimum atomic E-state index is -0.0887. The van der Waals surface area contributed by atoms with E-state index in [0.717, 1.165) is 16.6 Å². The van der Waals surface area contributed by atoms with Gasteiger partial charge in [-0.25, -0.2) is 0 Å². The van der Waals surface area contributed by atoms with Gasteiger partial charge in [-0.2, -0.15) is 0 Å². The number of anilines is 1. The molecule has 1 rings (SSSR count). The van der Waals surface area contributed by atoms with E-state index in [9.17, 15) is 9.59 Å². The van der Waals surface area contributed by atoms with Crippen molar-refractivity contribution in [2.45, 2.75) is 26.7 Å². The summed E-state index contributed by atoms with van der Waals surface area (Å²) in [4.78, 5) is 24.9. The minimum absolute atomic E-state index is 0.00976. The quantitative estimate of drug-likeness (QED) is 0.873. The summed E-state index contributed by atoms with van der Waals surface area (Å²) < 4.78 is 0.848. The third-order valence-electron chi connectivity index (χ3n) is 2.70. The first kappa shape index (κ1) is 15.7. The molecule has 19 heavy (non-hydrogen) atoms. The Hall–Kier alpha value is -1.36. The second kappa shape index (κ2) is 7.94. The van der Waals surface area contributed by atoms with Gasteiger partial charge in [0, 0.05) is 30.9 Å². The van der Waals surface area contributed by atoms with Crippen LogP contribution < -0.4 is 5.32 Å². The summed E-state index contributed by atoms with van der Waals surface area (Å²) in [6.45, 7) is 4.69. The first-order chi connectivity index (χ1) is 9.04. The predicted molar refractivity (Wildman–Crippen MR) is 79.9 cm³/mol. The highest BCUT2D eigenvalue weighted by Gasteiger charge is 2.10. The predicted octanol–water partition coefficient (Wildman–Crippen LogP) is 3.04. The van der Waals surface area contributed by atoms with Crippen LogP contribution in [0.2, 0.25) is 0 Å². The fraction of sp³-hybridized carbons (Fsp3) is 0.429. The largest absolute Gasteiger partial charge is 0.342 e. The van der Waals surface area contributed by atoms with Crippen molar-refractivity contribution in [2.75, 3.05) is 18.4 Å². The lowest BCUT2D eigenvalue weighted by Gasteiger charge is -2.19. The van der Waals surface area contributed by atoms with Gasteiger partial charge >= 0.3 is 0 Å². The third-order valence-corrected chi connectivity index (χ3v) is 3.39. The van der Waals surface area contributed by atoms with Crippen LogP contribution >= 0.6 is 15.9 Å². The minimum Gasteiger partial charge on any atom is -0.342 e. The van der Waals surface area contributed by atoms with Crippen LogP contribution in [-0.4, -0.2) is 29.8 Å². The van der Waals surface area contributed by atoms with Crippen LogP contribution in [0, 0.1) is 0 Å². The topological polar surface area (TPSA) is 49.4 Å². The highest BCUT2D eigenvalue weighted by molar-refractivity contribution is 9.10. The van der Waals surface area contributed by atoms with E-state index in [-0.39, 0.29) is 11.8 Å². The molecule has 0 heterocycles. The van der Waals surface area contributed by atoms with E-state index < -0.39 is 0 Å². The summed E-state index contributed by atoms with van der Waals surface area (Å²) in [6.07, 6.45) is 1.20. The van der Waals surface area contributed by atoms with Crippen molar-refractivity contribution in [1.29, 1.82) is 0 Å². The molecule has 1 N–H and O–H groups in total. The fourth-order valence-electron chi connectivity index (χ4n) is 1.71. The summed E-state index contributed by atoms with van der Waals surface area (Å²) in [5.74, 6) is -0.0789. The zero-order valence-electron chi connectivity index (χ0n) is 11.3. The Morgan fingerprint density at radius 1 is 1.26 bits per heavy atom. The number of carbonyl (C=O) groups is 2. The van der Waals surface area contributed by atoms with Gasteiger partial charge in [-0.15, -0.1) is 0 Å². The molecule has 0 atom stereocenters. The fourth-order valence-corrected chi connectivity index (χ4v) is 2.09. The molecule has 1 aromatic carbocycles. The summed E-state index contributed by atoms with van der Waals surface area (Å²) in [7, 11) is 0. The Balaban J connectivity index is 2.47. The Morgan fingerprint density at radius 3 is 2.53 bits per heavy atom. The molecule has 0 radical (unpaired) electrons. The molecule has 0 fully saturated rings. The van der Waals surface area contributed by atoms with Crippen LogP contribution in [0.1, 0.15) is 26.7 Å². The van der Waals surface area contributed by atoms with Gasteiger partial charge < -0.3 is 10.2 Å². The average Bonchev–Trinajstić information content (AvgIpc) is 2.37. The SMILES string of the molecule is CCCN(CCC(=O)Nc1ccccc1Br)C(C)=O. The second-order valence-corrected chi connectivity index (χ2v) is 5.14. The summed E-state index contributed by atoms with van der Waals surface area (Å²) in [6, 6.07) is 7.45. The van der Waals surface area contributed by atoms with Gasteiger partial charge in [0.25, 0.3) is 0 Å². The van der Waals surface area contributed by atoms with E-state index in [1.165, 1.54) is 6.92 Å². The summed E-state index contributed by atoms with van der Waals surface area (Å²) in [5.41, 5.74) is 0.748. The van der Waals surface area contributed by atoms with Crippen LogP contribution in [0.4, 0.5) is 5.69 Å². The van der Waals surface area contributed by atoms with Crippen molar-refractivity contribution in [3.05, 3.63) is 28.7 Å². The van der Waals surface area contributed by atoms with Crippen LogP contribution in [0.5, 0.6) is 0 Å². The molecule has 0 aliphatic carbocycles.